The van der Waals surface area contributed by atoms with Gasteiger partial charge in [-0.25, -0.2) is 0 Å². The number of hydrogen-bond acceptors (Lipinski definition) is 3. The fourth-order valence-corrected chi connectivity index (χ4v) is 1.68. The fourth-order valence-electron chi connectivity index (χ4n) is 1.68. The summed E-state index contributed by atoms with van der Waals surface area (Å²) in [6.45, 7) is 4.23. The highest BCUT2D eigenvalue weighted by Crippen LogP contribution is 2.19. The van der Waals surface area contributed by atoms with Crippen LogP contribution in [0, 0.1) is 0 Å². The zero-order valence-electron chi connectivity index (χ0n) is 10.3. The van der Waals surface area contributed by atoms with E-state index in [2.05, 4.69) is 13.8 Å². The highest BCUT2D eigenvalue weighted by Gasteiger charge is 2.18. The Morgan fingerprint density at radius 2 is 1.65 bits per heavy atom. The van der Waals surface area contributed by atoms with Crippen LogP contribution in [0.2, 0.25) is 0 Å². The van der Waals surface area contributed by atoms with Gasteiger partial charge >= 0.3 is 5.97 Å². The summed E-state index contributed by atoms with van der Waals surface area (Å²) >= 11 is 0. The third-order valence-corrected chi connectivity index (χ3v) is 2.86. The van der Waals surface area contributed by atoms with Crippen molar-refractivity contribution >= 4 is 5.97 Å². The molecule has 0 spiro atoms. The molecule has 0 aliphatic carbocycles. The third-order valence-electron chi connectivity index (χ3n) is 2.86. The van der Waals surface area contributed by atoms with Crippen molar-refractivity contribution in [3.05, 3.63) is 35.4 Å². The molecule has 0 fully saturated rings. The Balaban J connectivity index is 2.75. The monoisotopic (exact) mass is 236 g/mol. The summed E-state index contributed by atoms with van der Waals surface area (Å²) in [5.41, 5.74) is 13.8. The standard InChI is InChI=1S/C13H20N2O2/c1-8(2)9-3-5-10(6-4-9)13(15)11(14)7-12(16)17/h3-6,8,11,13H,7,14-15H2,1-2H3,(H,16,17). The average Bonchev–Trinajstić information content (AvgIpc) is 2.27. The van der Waals surface area contributed by atoms with Crippen molar-refractivity contribution < 1.29 is 9.90 Å². The van der Waals surface area contributed by atoms with E-state index in [1.165, 1.54) is 5.56 Å². The first kappa shape index (κ1) is 13.7. The van der Waals surface area contributed by atoms with Crippen LogP contribution in [0.3, 0.4) is 0 Å². The number of carboxylic acid groups (broad SMARTS) is 1. The zero-order chi connectivity index (χ0) is 13.0. The van der Waals surface area contributed by atoms with Crippen molar-refractivity contribution in [1.29, 1.82) is 0 Å². The first-order chi connectivity index (χ1) is 7.91. The van der Waals surface area contributed by atoms with E-state index >= 15 is 0 Å². The molecule has 0 aliphatic rings. The van der Waals surface area contributed by atoms with Crippen LogP contribution in [0.4, 0.5) is 0 Å². The van der Waals surface area contributed by atoms with Gasteiger partial charge in [0.25, 0.3) is 0 Å². The second-order valence-electron chi connectivity index (χ2n) is 4.61. The van der Waals surface area contributed by atoms with Gasteiger partial charge < -0.3 is 16.6 Å². The molecule has 1 aromatic rings. The van der Waals surface area contributed by atoms with Gasteiger partial charge in [-0.1, -0.05) is 38.1 Å². The molecule has 1 aromatic carbocycles. The average molecular weight is 236 g/mol. The SMILES string of the molecule is CC(C)c1ccc(C(N)C(N)CC(=O)O)cc1. The van der Waals surface area contributed by atoms with Gasteiger partial charge in [-0.2, -0.15) is 0 Å². The molecule has 0 aromatic heterocycles. The fraction of sp³-hybridized carbons (Fsp3) is 0.462. The second-order valence-corrected chi connectivity index (χ2v) is 4.61. The van der Waals surface area contributed by atoms with Crippen molar-refractivity contribution in [1.82, 2.24) is 0 Å². The van der Waals surface area contributed by atoms with Gasteiger partial charge in [-0.05, 0) is 17.0 Å². The van der Waals surface area contributed by atoms with E-state index in [-0.39, 0.29) is 6.42 Å². The molecule has 0 heterocycles. The van der Waals surface area contributed by atoms with E-state index in [0.717, 1.165) is 5.56 Å². The molecule has 5 N–H and O–H groups in total. The van der Waals surface area contributed by atoms with Gasteiger partial charge in [-0.3, -0.25) is 4.79 Å². The maximum Gasteiger partial charge on any atom is 0.304 e. The van der Waals surface area contributed by atoms with Crippen LogP contribution in [0.1, 0.15) is 43.4 Å². The Hall–Kier alpha value is -1.39. The number of rotatable bonds is 5. The number of nitrogens with two attached hydrogens (primary N) is 2. The van der Waals surface area contributed by atoms with Gasteiger partial charge in [0, 0.05) is 12.1 Å². The lowest BCUT2D eigenvalue weighted by atomic mass is 9.95. The van der Waals surface area contributed by atoms with Crippen molar-refractivity contribution in [3.8, 4) is 0 Å². The molecular formula is C13H20N2O2. The first-order valence-corrected chi connectivity index (χ1v) is 5.74. The first-order valence-electron chi connectivity index (χ1n) is 5.74. The molecule has 0 saturated carbocycles. The normalized spacial score (nSPS) is 14.6. The number of hydrogen-bond donors (Lipinski definition) is 3. The van der Waals surface area contributed by atoms with E-state index in [1.54, 1.807) is 0 Å². The van der Waals surface area contributed by atoms with Crippen LogP contribution in [-0.4, -0.2) is 17.1 Å². The summed E-state index contributed by atoms with van der Waals surface area (Å²) in [4.78, 5) is 10.6. The molecule has 17 heavy (non-hydrogen) atoms. The van der Waals surface area contributed by atoms with Gasteiger partial charge in [0.1, 0.15) is 0 Å². The van der Waals surface area contributed by atoms with E-state index < -0.39 is 18.1 Å². The van der Waals surface area contributed by atoms with Crippen molar-refractivity contribution in [2.75, 3.05) is 0 Å². The lowest BCUT2D eigenvalue weighted by Gasteiger charge is -2.19. The second kappa shape index (κ2) is 5.80. The Labute approximate surface area is 102 Å². The molecule has 0 radical (unpaired) electrons. The minimum Gasteiger partial charge on any atom is -0.481 e. The lowest BCUT2D eigenvalue weighted by molar-refractivity contribution is -0.137. The van der Waals surface area contributed by atoms with E-state index in [9.17, 15) is 4.79 Å². The minimum absolute atomic E-state index is 0.118. The molecule has 2 unspecified atom stereocenters. The Kier molecular flexibility index (Phi) is 4.66. The molecule has 4 nitrogen and oxygen atoms in total. The molecule has 4 heteroatoms. The van der Waals surface area contributed by atoms with Crippen LogP contribution in [0.5, 0.6) is 0 Å². The van der Waals surface area contributed by atoms with Crippen LogP contribution >= 0.6 is 0 Å². The quantitative estimate of drug-likeness (QED) is 0.724. The predicted octanol–water partition coefficient (Wildman–Crippen LogP) is 1.61. The Morgan fingerprint density at radius 3 is 2.06 bits per heavy atom. The molecule has 0 saturated heterocycles. The van der Waals surface area contributed by atoms with Crippen molar-refractivity contribution in [2.24, 2.45) is 11.5 Å². The predicted molar refractivity (Wildman–Crippen MR) is 67.7 cm³/mol. The molecule has 1 rings (SSSR count). The van der Waals surface area contributed by atoms with E-state index in [4.69, 9.17) is 16.6 Å². The maximum atomic E-state index is 10.6. The van der Waals surface area contributed by atoms with Crippen LogP contribution in [-0.2, 0) is 4.79 Å². The largest absolute Gasteiger partial charge is 0.481 e. The molecule has 0 amide bonds. The summed E-state index contributed by atoms with van der Waals surface area (Å²) in [5, 5.41) is 8.66. The van der Waals surface area contributed by atoms with Crippen molar-refractivity contribution in [2.45, 2.75) is 38.3 Å². The Bertz CT molecular complexity index is 374. The minimum atomic E-state index is -0.924. The highest BCUT2D eigenvalue weighted by atomic mass is 16.4. The smallest absolute Gasteiger partial charge is 0.304 e. The maximum absolute atomic E-state index is 10.6. The summed E-state index contributed by atoms with van der Waals surface area (Å²) < 4.78 is 0. The number of carbonyl (C=O) groups is 1. The van der Waals surface area contributed by atoms with E-state index in [0.29, 0.717) is 5.92 Å². The number of aliphatic carboxylic acids is 1. The number of benzene rings is 1. The van der Waals surface area contributed by atoms with Gasteiger partial charge in [0.2, 0.25) is 0 Å². The summed E-state index contributed by atoms with van der Waals surface area (Å²) in [5.74, 6) is -0.459. The highest BCUT2D eigenvalue weighted by molar-refractivity contribution is 5.67. The molecular weight excluding hydrogens is 216 g/mol. The van der Waals surface area contributed by atoms with Gasteiger partial charge in [0.05, 0.1) is 6.42 Å². The van der Waals surface area contributed by atoms with Gasteiger partial charge in [-0.15, -0.1) is 0 Å². The lowest BCUT2D eigenvalue weighted by Crippen LogP contribution is -2.36. The van der Waals surface area contributed by atoms with Crippen LogP contribution in [0.15, 0.2) is 24.3 Å². The Morgan fingerprint density at radius 1 is 1.18 bits per heavy atom. The summed E-state index contributed by atoms with van der Waals surface area (Å²) in [6, 6.07) is 6.86. The topological polar surface area (TPSA) is 89.3 Å². The van der Waals surface area contributed by atoms with Crippen LogP contribution in [0.25, 0.3) is 0 Å². The van der Waals surface area contributed by atoms with E-state index in [1.807, 2.05) is 24.3 Å². The third kappa shape index (κ3) is 3.84. The zero-order valence-corrected chi connectivity index (χ0v) is 10.3. The molecule has 0 bridgehead atoms. The van der Waals surface area contributed by atoms with Gasteiger partial charge in [0.15, 0.2) is 0 Å². The molecule has 0 aliphatic heterocycles. The van der Waals surface area contributed by atoms with Crippen molar-refractivity contribution in [3.63, 3.8) is 0 Å². The summed E-state index contributed by atoms with van der Waals surface area (Å²) in [7, 11) is 0. The van der Waals surface area contributed by atoms with Crippen LogP contribution < -0.4 is 11.5 Å². The molecule has 2 atom stereocenters. The number of carboxylic acids is 1. The molecule has 94 valence electrons. The summed E-state index contributed by atoms with van der Waals surface area (Å²) in [6.07, 6.45) is -0.118.